The minimum absolute atomic E-state index is 0.125. The number of aromatic amines is 1. The standard InChI is InChI=1S/C26H28ClN3O6S/c1-36-26(33)22-14-20-19-4-2-3-5-21(19)28-24(20)25(30(22)23(32)15-27)16-6-8-18(9-7-16)37(34,35)29-12-10-17(31)11-13-29/h2-9,17,22,25,28,31H,10-15H2,1H3/t22-,25+/m1/s1. The lowest BCUT2D eigenvalue weighted by atomic mass is 9.88. The predicted octanol–water partition coefficient (Wildman–Crippen LogP) is 2.57. The number of aliphatic hydroxyl groups is 1. The van der Waals surface area contributed by atoms with E-state index in [9.17, 15) is 23.1 Å². The van der Waals surface area contributed by atoms with E-state index in [1.54, 1.807) is 12.1 Å². The summed E-state index contributed by atoms with van der Waals surface area (Å²) in [7, 11) is -2.46. The van der Waals surface area contributed by atoms with Gasteiger partial charge in [0.1, 0.15) is 11.9 Å². The van der Waals surface area contributed by atoms with Gasteiger partial charge < -0.3 is 19.7 Å². The minimum atomic E-state index is -3.74. The molecule has 5 rings (SSSR count). The van der Waals surface area contributed by atoms with Crippen LogP contribution in [0.15, 0.2) is 53.4 Å². The van der Waals surface area contributed by atoms with Crippen LogP contribution in [0.25, 0.3) is 10.9 Å². The second-order valence-corrected chi connectivity index (χ2v) is 11.6. The summed E-state index contributed by atoms with van der Waals surface area (Å²) in [4.78, 5) is 30.9. The summed E-state index contributed by atoms with van der Waals surface area (Å²) in [5.41, 5.74) is 3.15. The molecule has 2 aliphatic rings. The number of nitrogens with zero attached hydrogens (tertiary/aromatic N) is 2. The highest BCUT2D eigenvalue weighted by molar-refractivity contribution is 7.89. The first-order valence-electron chi connectivity index (χ1n) is 12.1. The third-order valence-electron chi connectivity index (χ3n) is 7.26. The lowest BCUT2D eigenvalue weighted by Crippen LogP contribution is -2.52. The fraction of sp³-hybridized carbons (Fsp3) is 0.385. The molecule has 0 unspecified atom stereocenters. The second kappa shape index (κ2) is 10.1. The fourth-order valence-electron chi connectivity index (χ4n) is 5.39. The van der Waals surface area contributed by atoms with E-state index in [0.717, 1.165) is 22.2 Å². The number of hydrogen-bond donors (Lipinski definition) is 2. The van der Waals surface area contributed by atoms with Gasteiger partial charge in [0, 0.05) is 36.1 Å². The van der Waals surface area contributed by atoms with Crippen molar-refractivity contribution in [1.29, 1.82) is 0 Å². The SMILES string of the molecule is COC(=O)[C@H]1Cc2c([nH]c3ccccc23)[C@H](c2ccc(S(=O)(=O)N3CCC(O)CC3)cc2)N1C(=O)CCl. The highest BCUT2D eigenvalue weighted by atomic mass is 35.5. The summed E-state index contributed by atoms with van der Waals surface area (Å²) in [6, 6.07) is 12.5. The molecule has 2 aliphatic heterocycles. The first-order chi connectivity index (χ1) is 17.8. The summed E-state index contributed by atoms with van der Waals surface area (Å²) in [5, 5.41) is 10.7. The van der Waals surface area contributed by atoms with Crippen molar-refractivity contribution in [2.75, 3.05) is 26.1 Å². The number of sulfonamides is 1. The van der Waals surface area contributed by atoms with Gasteiger partial charge in [-0.1, -0.05) is 30.3 Å². The summed E-state index contributed by atoms with van der Waals surface area (Å²) in [5.74, 6) is -1.31. The number of benzene rings is 2. The average Bonchev–Trinajstić information content (AvgIpc) is 3.29. The number of aromatic nitrogens is 1. The van der Waals surface area contributed by atoms with E-state index in [0.29, 0.717) is 18.4 Å². The predicted molar refractivity (Wildman–Crippen MR) is 138 cm³/mol. The van der Waals surface area contributed by atoms with Crippen molar-refractivity contribution >= 4 is 44.4 Å². The maximum atomic E-state index is 13.2. The van der Waals surface area contributed by atoms with Crippen molar-refractivity contribution in [3.63, 3.8) is 0 Å². The Kier molecular flexibility index (Phi) is 7.01. The Morgan fingerprint density at radius 1 is 1.11 bits per heavy atom. The van der Waals surface area contributed by atoms with E-state index in [4.69, 9.17) is 16.3 Å². The first kappa shape index (κ1) is 25.7. The molecular weight excluding hydrogens is 518 g/mol. The van der Waals surface area contributed by atoms with Gasteiger partial charge in [0.25, 0.3) is 0 Å². The molecule has 0 radical (unpaired) electrons. The van der Waals surface area contributed by atoms with E-state index in [1.807, 2.05) is 24.3 Å². The largest absolute Gasteiger partial charge is 0.467 e. The van der Waals surface area contributed by atoms with Gasteiger partial charge in [0.15, 0.2) is 0 Å². The number of halogens is 1. The third-order valence-corrected chi connectivity index (χ3v) is 9.41. The van der Waals surface area contributed by atoms with Crippen molar-refractivity contribution in [3.8, 4) is 0 Å². The maximum Gasteiger partial charge on any atom is 0.328 e. The van der Waals surface area contributed by atoms with Gasteiger partial charge in [0.05, 0.1) is 24.2 Å². The normalized spacial score (nSPS) is 21.1. The van der Waals surface area contributed by atoms with Crippen molar-refractivity contribution in [2.45, 2.75) is 42.3 Å². The molecule has 0 aliphatic carbocycles. The molecule has 3 heterocycles. The summed E-state index contributed by atoms with van der Waals surface area (Å²) in [6.45, 7) is 0.510. The van der Waals surface area contributed by atoms with Crippen LogP contribution in [0, 0.1) is 0 Å². The average molecular weight is 546 g/mol. The smallest absolute Gasteiger partial charge is 0.328 e. The number of hydrogen-bond acceptors (Lipinski definition) is 6. The Hall–Kier alpha value is -2.92. The molecule has 1 aromatic heterocycles. The van der Waals surface area contributed by atoms with Crippen LogP contribution in [0.3, 0.4) is 0 Å². The molecule has 1 amide bonds. The number of para-hydroxylation sites is 1. The molecule has 3 aromatic rings. The zero-order valence-corrected chi connectivity index (χ0v) is 21.8. The van der Waals surface area contributed by atoms with Crippen LogP contribution in [0.1, 0.15) is 35.7 Å². The summed E-state index contributed by atoms with van der Waals surface area (Å²) in [6.07, 6.45) is 0.567. The van der Waals surface area contributed by atoms with Gasteiger partial charge in [-0.15, -0.1) is 11.6 Å². The number of ether oxygens (including phenoxy) is 1. The topological polar surface area (TPSA) is 120 Å². The number of H-pyrrole nitrogens is 1. The summed E-state index contributed by atoms with van der Waals surface area (Å²) < 4.78 is 32.8. The van der Waals surface area contributed by atoms with Crippen molar-refractivity contribution in [2.24, 2.45) is 0 Å². The van der Waals surface area contributed by atoms with Crippen LogP contribution in [0.5, 0.6) is 0 Å². The van der Waals surface area contributed by atoms with Gasteiger partial charge in [-0.2, -0.15) is 4.31 Å². The molecule has 1 saturated heterocycles. The highest BCUT2D eigenvalue weighted by Gasteiger charge is 2.44. The third kappa shape index (κ3) is 4.52. The van der Waals surface area contributed by atoms with E-state index in [1.165, 1.54) is 28.4 Å². The first-order valence-corrected chi connectivity index (χ1v) is 14.1. The molecule has 37 heavy (non-hydrogen) atoms. The van der Waals surface area contributed by atoms with Gasteiger partial charge >= 0.3 is 5.97 Å². The van der Waals surface area contributed by atoms with Crippen LogP contribution in [-0.2, 0) is 30.8 Å². The molecule has 0 bridgehead atoms. The monoisotopic (exact) mass is 545 g/mol. The quantitative estimate of drug-likeness (QED) is 0.375. The number of rotatable bonds is 5. The molecule has 1 fully saturated rings. The van der Waals surface area contributed by atoms with Gasteiger partial charge in [-0.3, -0.25) is 4.79 Å². The van der Waals surface area contributed by atoms with E-state index < -0.39 is 40.1 Å². The van der Waals surface area contributed by atoms with Crippen molar-refractivity contribution < 1.29 is 27.9 Å². The Bertz CT molecular complexity index is 1430. The number of carbonyl (C=O) groups excluding carboxylic acids is 2. The van der Waals surface area contributed by atoms with Crippen molar-refractivity contribution in [1.82, 2.24) is 14.2 Å². The Labute approximate surface area is 220 Å². The Morgan fingerprint density at radius 2 is 1.78 bits per heavy atom. The lowest BCUT2D eigenvalue weighted by Gasteiger charge is -2.40. The van der Waals surface area contributed by atoms with Crippen LogP contribution < -0.4 is 0 Å². The molecule has 2 N–H and O–H groups in total. The van der Waals surface area contributed by atoms with Gasteiger partial charge in [-0.05, 0) is 42.2 Å². The lowest BCUT2D eigenvalue weighted by molar-refractivity contribution is -0.154. The molecule has 196 valence electrons. The fourth-order valence-corrected chi connectivity index (χ4v) is 6.99. The molecule has 11 heteroatoms. The molecule has 2 aromatic carbocycles. The number of alkyl halides is 1. The number of amides is 1. The minimum Gasteiger partial charge on any atom is -0.467 e. The zero-order valence-electron chi connectivity index (χ0n) is 20.3. The molecular formula is C26H28ClN3O6S. The molecule has 9 nitrogen and oxygen atoms in total. The van der Waals surface area contributed by atoms with E-state index in [2.05, 4.69) is 4.98 Å². The maximum absolute atomic E-state index is 13.2. The van der Waals surface area contributed by atoms with Gasteiger partial charge in [-0.25, -0.2) is 13.2 Å². The zero-order chi connectivity index (χ0) is 26.3. The molecule has 0 spiro atoms. The molecule has 0 saturated carbocycles. The van der Waals surface area contributed by atoms with E-state index in [-0.39, 0.29) is 30.3 Å². The number of esters is 1. The number of methoxy groups -OCH3 is 1. The highest BCUT2D eigenvalue weighted by Crippen LogP contribution is 2.41. The van der Waals surface area contributed by atoms with Crippen LogP contribution >= 0.6 is 11.6 Å². The van der Waals surface area contributed by atoms with Crippen LogP contribution in [0.2, 0.25) is 0 Å². The second-order valence-electron chi connectivity index (χ2n) is 9.35. The summed E-state index contributed by atoms with van der Waals surface area (Å²) >= 11 is 5.98. The van der Waals surface area contributed by atoms with Crippen LogP contribution in [0.4, 0.5) is 0 Å². The number of piperidine rings is 1. The Morgan fingerprint density at radius 3 is 2.43 bits per heavy atom. The number of fused-ring (bicyclic) bond motifs is 3. The van der Waals surface area contributed by atoms with Crippen LogP contribution in [-0.4, -0.2) is 77.8 Å². The van der Waals surface area contributed by atoms with E-state index >= 15 is 0 Å². The number of carbonyl (C=O) groups is 2. The van der Waals surface area contributed by atoms with Gasteiger partial charge in [0.2, 0.25) is 15.9 Å². The van der Waals surface area contributed by atoms with Crippen molar-refractivity contribution in [3.05, 3.63) is 65.4 Å². The molecule has 2 atom stereocenters. The number of aliphatic hydroxyl groups excluding tert-OH is 1. The Balaban J connectivity index is 1.60. The number of nitrogens with one attached hydrogen (secondary N) is 1.